The van der Waals surface area contributed by atoms with Crippen molar-refractivity contribution >= 4 is 5.91 Å². The highest BCUT2D eigenvalue weighted by Crippen LogP contribution is 2.76. The molecule has 1 heterocycles. The number of carbonyl (C=O) groups is 1. The summed E-state index contributed by atoms with van der Waals surface area (Å²) in [4.78, 5) is 14.4. The zero-order valence-corrected chi connectivity index (χ0v) is 10.7. The van der Waals surface area contributed by atoms with Gasteiger partial charge in [-0.1, -0.05) is 0 Å². The van der Waals surface area contributed by atoms with Crippen LogP contribution in [-0.4, -0.2) is 26.6 Å². The number of hydrogen-bond acceptors (Lipinski definition) is 2. The van der Waals surface area contributed by atoms with Crippen molar-refractivity contribution in [1.29, 1.82) is 0 Å². The van der Waals surface area contributed by atoms with E-state index >= 15 is 0 Å². The molecule has 17 heavy (non-hydrogen) atoms. The highest BCUT2D eigenvalue weighted by molar-refractivity contribution is 5.90. The van der Waals surface area contributed by atoms with Crippen molar-refractivity contribution in [2.24, 2.45) is 18.4 Å². The predicted molar refractivity (Wildman–Crippen MR) is 64.1 cm³/mol. The van der Waals surface area contributed by atoms with Crippen LogP contribution in [0.25, 0.3) is 0 Å². The molecule has 1 aromatic rings. The quantitative estimate of drug-likeness (QED) is 0.791. The van der Waals surface area contributed by atoms with Crippen molar-refractivity contribution in [3.8, 4) is 0 Å². The largest absolute Gasteiger partial charge is 0.335 e. The zero-order valence-electron chi connectivity index (χ0n) is 10.7. The third-order valence-electron chi connectivity index (χ3n) is 4.10. The second-order valence-electron chi connectivity index (χ2n) is 5.81. The molecule has 0 spiro atoms. The van der Waals surface area contributed by atoms with Gasteiger partial charge in [-0.2, -0.15) is 5.10 Å². The molecule has 1 aromatic heterocycles. The van der Waals surface area contributed by atoms with Gasteiger partial charge in [-0.05, 0) is 32.6 Å². The lowest BCUT2D eigenvalue weighted by atomic mass is 10.1. The fourth-order valence-corrected chi connectivity index (χ4v) is 2.58. The zero-order chi connectivity index (χ0) is 12.2. The first-order valence-corrected chi connectivity index (χ1v) is 6.31. The van der Waals surface area contributed by atoms with Crippen LogP contribution in [0.5, 0.6) is 0 Å². The second kappa shape index (κ2) is 3.34. The molecule has 92 valence electrons. The maximum atomic E-state index is 12.4. The summed E-state index contributed by atoms with van der Waals surface area (Å²) in [6, 6.07) is 0.263. The molecule has 1 amide bonds. The van der Waals surface area contributed by atoms with Gasteiger partial charge in [-0.25, -0.2) is 0 Å². The van der Waals surface area contributed by atoms with Crippen LogP contribution < -0.4 is 0 Å². The molecule has 2 aliphatic carbocycles. The number of hydrogen-bond donors (Lipinski definition) is 0. The summed E-state index contributed by atoms with van der Waals surface area (Å²) in [5, 5.41) is 4.16. The van der Waals surface area contributed by atoms with Crippen molar-refractivity contribution in [2.75, 3.05) is 0 Å². The van der Waals surface area contributed by atoms with E-state index in [1.165, 1.54) is 0 Å². The Morgan fingerprint density at radius 1 is 1.65 bits per heavy atom. The first-order chi connectivity index (χ1) is 8.03. The van der Waals surface area contributed by atoms with Crippen LogP contribution in [-0.2, 0) is 18.4 Å². The van der Waals surface area contributed by atoms with Crippen LogP contribution in [0.3, 0.4) is 0 Å². The normalized spacial score (nSPS) is 29.1. The lowest BCUT2D eigenvalue weighted by Crippen LogP contribution is -2.39. The van der Waals surface area contributed by atoms with Crippen LogP contribution in [0.2, 0.25) is 0 Å². The maximum absolute atomic E-state index is 12.4. The van der Waals surface area contributed by atoms with Gasteiger partial charge < -0.3 is 4.90 Å². The van der Waals surface area contributed by atoms with Gasteiger partial charge in [0.25, 0.3) is 0 Å². The van der Waals surface area contributed by atoms with Gasteiger partial charge in [-0.3, -0.25) is 9.48 Å². The Balaban J connectivity index is 1.74. The Bertz CT molecular complexity index is 457. The van der Waals surface area contributed by atoms with E-state index in [0.717, 1.165) is 18.4 Å². The lowest BCUT2D eigenvalue weighted by molar-refractivity contribution is -0.137. The van der Waals surface area contributed by atoms with Crippen LogP contribution in [0.1, 0.15) is 32.3 Å². The van der Waals surface area contributed by atoms with Gasteiger partial charge in [0.2, 0.25) is 5.91 Å². The third-order valence-corrected chi connectivity index (χ3v) is 4.10. The van der Waals surface area contributed by atoms with Crippen molar-refractivity contribution < 1.29 is 4.79 Å². The van der Waals surface area contributed by atoms with E-state index in [2.05, 4.69) is 18.9 Å². The van der Waals surface area contributed by atoms with Crippen molar-refractivity contribution in [3.63, 3.8) is 0 Å². The molecule has 3 rings (SSSR count). The molecule has 2 aliphatic rings. The molecule has 2 saturated carbocycles. The van der Waals surface area contributed by atoms with Gasteiger partial charge in [0.15, 0.2) is 0 Å². The fourth-order valence-electron chi connectivity index (χ4n) is 2.58. The monoisotopic (exact) mass is 233 g/mol. The van der Waals surface area contributed by atoms with Gasteiger partial charge >= 0.3 is 0 Å². The van der Waals surface area contributed by atoms with Crippen molar-refractivity contribution in [2.45, 2.75) is 39.3 Å². The average Bonchev–Trinajstić information content (AvgIpc) is 3.06. The summed E-state index contributed by atoms with van der Waals surface area (Å²) in [6.07, 6.45) is 6.08. The number of amides is 1. The summed E-state index contributed by atoms with van der Waals surface area (Å²) < 4.78 is 1.79. The van der Waals surface area contributed by atoms with Crippen LogP contribution >= 0.6 is 0 Å². The number of aryl methyl sites for hydroxylation is 1. The first kappa shape index (κ1) is 10.8. The smallest absolute Gasteiger partial charge is 0.229 e. The number of carbonyl (C=O) groups excluding carboxylic acids is 1. The lowest BCUT2D eigenvalue weighted by Gasteiger charge is -2.27. The topological polar surface area (TPSA) is 38.1 Å². The molecular formula is C13H19N3O. The minimum absolute atomic E-state index is 0.0759. The van der Waals surface area contributed by atoms with E-state index in [9.17, 15) is 4.79 Å². The van der Waals surface area contributed by atoms with Crippen molar-refractivity contribution in [1.82, 2.24) is 14.7 Å². The first-order valence-electron chi connectivity index (χ1n) is 6.31. The Morgan fingerprint density at radius 3 is 2.71 bits per heavy atom. The van der Waals surface area contributed by atoms with Gasteiger partial charge in [0.1, 0.15) is 0 Å². The number of fused-ring (bicyclic) bond motifs is 1. The maximum Gasteiger partial charge on any atom is 0.229 e. The summed E-state index contributed by atoms with van der Waals surface area (Å²) >= 11 is 0. The molecule has 0 unspecified atom stereocenters. The third kappa shape index (κ3) is 1.66. The van der Waals surface area contributed by atoms with Crippen LogP contribution in [0, 0.1) is 11.3 Å². The summed E-state index contributed by atoms with van der Waals surface area (Å²) in [5.74, 6) is 1.08. The summed E-state index contributed by atoms with van der Waals surface area (Å²) in [6.45, 7) is 4.87. The molecule has 0 saturated heterocycles. The number of nitrogens with zero attached hydrogens (tertiary/aromatic N) is 3. The fraction of sp³-hybridized carbons (Fsp3) is 0.692. The SMILES string of the molecule is CC(C)N(Cc1cnn(C)c1)C(=O)C12CC1C2. The molecule has 4 nitrogen and oxygen atoms in total. The Morgan fingerprint density at radius 2 is 2.29 bits per heavy atom. The highest BCUT2D eigenvalue weighted by atomic mass is 16.2. The standard InChI is InChI=1S/C13H19N3O/c1-9(2)16(8-10-6-14-15(3)7-10)12(17)13-4-11(13)5-13/h6-7,9,11H,4-5,8H2,1-3H3. The Kier molecular flexibility index (Phi) is 2.12. The Labute approximate surface area is 102 Å². The molecule has 0 aliphatic heterocycles. The van der Waals surface area contributed by atoms with E-state index < -0.39 is 0 Å². The van der Waals surface area contributed by atoms with Crippen molar-refractivity contribution in [3.05, 3.63) is 18.0 Å². The van der Waals surface area contributed by atoms with Gasteiger partial charge in [0.05, 0.1) is 11.6 Å². The van der Waals surface area contributed by atoms with Gasteiger partial charge in [-0.15, -0.1) is 0 Å². The molecular weight excluding hydrogens is 214 g/mol. The molecule has 0 bridgehead atoms. The van der Waals surface area contributed by atoms with Gasteiger partial charge in [0, 0.05) is 31.4 Å². The Hall–Kier alpha value is -1.32. The second-order valence-corrected chi connectivity index (χ2v) is 5.81. The van der Waals surface area contributed by atoms with E-state index in [1.54, 1.807) is 4.68 Å². The molecule has 2 fully saturated rings. The van der Waals surface area contributed by atoms with E-state index in [0.29, 0.717) is 18.4 Å². The molecule has 0 atom stereocenters. The molecule has 0 N–H and O–H groups in total. The number of rotatable bonds is 4. The molecule has 0 aromatic carbocycles. The highest BCUT2D eigenvalue weighted by Gasteiger charge is 2.75. The molecule has 0 radical (unpaired) electrons. The van der Waals surface area contributed by atoms with E-state index in [4.69, 9.17) is 0 Å². The predicted octanol–water partition coefficient (Wildman–Crippen LogP) is 1.57. The minimum atomic E-state index is 0.0759. The summed E-state index contributed by atoms with van der Waals surface area (Å²) in [7, 11) is 1.90. The number of aromatic nitrogens is 2. The van der Waals surface area contributed by atoms with Crippen LogP contribution in [0.4, 0.5) is 0 Å². The van der Waals surface area contributed by atoms with E-state index in [1.807, 2.05) is 24.3 Å². The van der Waals surface area contributed by atoms with E-state index in [-0.39, 0.29) is 11.5 Å². The molecule has 4 heteroatoms. The van der Waals surface area contributed by atoms with Crippen LogP contribution in [0.15, 0.2) is 12.4 Å². The minimum Gasteiger partial charge on any atom is -0.335 e. The summed E-state index contributed by atoms with van der Waals surface area (Å²) in [5.41, 5.74) is 1.19. The average molecular weight is 233 g/mol.